The molecular weight excluding hydrogens is 449 g/mol. The Bertz CT molecular complexity index is 579. The zero-order chi connectivity index (χ0) is 25.2. The number of esters is 2. The van der Waals surface area contributed by atoms with Crippen LogP contribution in [-0.2, 0) is 32.7 Å². The highest BCUT2D eigenvalue weighted by molar-refractivity contribution is 7.45. The predicted octanol–water partition coefficient (Wildman–Crippen LogP) is 3.98. The van der Waals surface area contributed by atoms with Crippen molar-refractivity contribution in [2.75, 3.05) is 47.5 Å². The number of carbonyl (C=O) groups excluding carboxylic acids is 2. The molecule has 0 heterocycles. The fraction of sp³-hybridized carbons (Fsp3) is 0.913. The molecule has 10 heteroatoms. The first-order valence-corrected chi connectivity index (χ1v) is 13.6. The van der Waals surface area contributed by atoms with Crippen LogP contribution in [0.5, 0.6) is 0 Å². The molecule has 196 valence electrons. The highest BCUT2D eigenvalue weighted by Gasteiger charge is 2.20. The van der Waals surface area contributed by atoms with E-state index in [1.807, 2.05) is 21.1 Å². The van der Waals surface area contributed by atoms with Gasteiger partial charge in [-0.1, -0.05) is 64.7 Å². The van der Waals surface area contributed by atoms with Crippen molar-refractivity contribution >= 4 is 19.8 Å². The second-order valence-corrected chi connectivity index (χ2v) is 10.8. The number of hydrogen-bond acceptors (Lipinski definition) is 8. The van der Waals surface area contributed by atoms with Crippen LogP contribution in [0.4, 0.5) is 0 Å². The molecule has 0 rings (SSSR count). The summed E-state index contributed by atoms with van der Waals surface area (Å²) < 4.78 is 32.2. The van der Waals surface area contributed by atoms with Crippen LogP contribution in [0.1, 0.15) is 84.5 Å². The van der Waals surface area contributed by atoms with Gasteiger partial charge in [0.15, 0.2) is 6.10 Å². The third-order valence-electron chi connectivity index (χ3n) is 4.93. The normalized spacial score (nSPS) is 14.5. The van der Waals surface area contributed by atoms with Crippen LogP contribution in [0, 0.1) is 0 Å². The van der Waals surface area contributed by atoms with Gasteiger partial charge >= 0.3 is 11.9 Å². The quantitative estimate of drug-likeness (QED) is 0.102. The summed E-state index contributed by atoms with van der Waals surface area (Å²) in [5, 5.41) is 0. The SMILES string of the molecule is CCCCCCCCCCCCC(=O)OC[C@H](COP(=O)([O-])OCC[N+](C)(C)C)OC(C)=O. The summed E-state index contributed by atoms with van der Waals surface area (Å²) >= 11 is 0. The molecule has 0 aliphatic rings. The lowest BCUT2D eigenvalue weighted by Gasteiger charge is -2.28. The fourth-order valence-corrected chi connectivity index (χ4v) is 3.73. The molecule has 0 aliphatic carbocycles. The number of hydrogen-bond donors (Lipinski definition) is 0. The Morgan fingerprint density at radius 2 is 1.42 bits per heavy atom. The molecule has 9 nitrogen and oxygen atoms in total. The number of phosphoric ester groups is 1. The van der Waals surface area contributed by atoms with E-state index in [1.54, 1.807) is 0 Å². The molecule has 0 aromatic carbocycles. The topological polar surface area (TPSA) is 111 Å². The molecule has 1 unspecified atom stereocenters. The Morgan fingerprint density at radius 1 is 0.879 bits per heavy atom. The van der Waals surface area contributed by atoms with E-state index in [0.717, 1.165) is 19.3 Å². The number of unbranched alkanes of at least 4 members (excludes halogenated alkanes) is 9. The van der Waals surface area contributed by atoms with Crippen molar-refractivity contribution in [1.82, 2.24) is 0 Å². The van der Waals surface area contributed by atoms with Crippen LogP contribution in [0.3, 0.4) is 0 Å². The maximum Gasteiger partial charge on any atom is 0.305 e. The maximum absolute atomic E-state index is 12.0. The molecule has 0 N–H and O–H groups in total. The third-order valence-corrected chi connectivity index (χ3v) is 5.89. The molecule has 2 atom stereocenters. The Labute approximate surface area is 200 Å². The summed E-state index contributed by atoms with van der Waals surface area (Å²) in [6.45, 7) is 3.10. The standard InChI is InChI=1S/C23H46NO8P/c1-6-7-8-9-10-11-12-13-14-15-16-23(26)29-19-22(32-21(2)25)20-31-33(27,28)30-18-17-24(3,4)5/h22H,6-20H2,1-5H3/t22-/m1/s1. The van der Waals surface area contributed by atoms with Crippen LogP contribution < -0.4 is 4.89 Å². The van der Waals surface area contributed by atoms with Gasteiger partial charge in [0.05, 0.1) is 27.7 Å². The Morgan fingerprint density at radius 3 is 1.94 bits per heavy atom. The largest absolute Gasteiger partial charge is 0.756 e. The van der Waals surface area contributed by atoms with Crippen molar-refractivity contribution < 1.29 is 42.1 Å². The Hall–Kier alpha value is -0.990. The van der Waals surface area contributed by atoms with Crippen LogP contribution in [-0.4, -0.2) is 70.0 Å². The molecule has 0 spiro atoms. The first kappa shape index (κ1) is 32.0. The van der Waals surface area contributed by atoms with Gasteiger partial charge in [0.25, 0.3) is 7.82 Å². The monoisotopic (exact) mass is 495 g/mol. The molecule has 0 radical (unpaired) electrons. The van der Waals surface area contributed by atoms with Crippen molar-refractivity contribution in [1.29, 1.82) is 0 Å². The number of ether oxygens (including phenoxy) is 2. The van der Waals surface area contributed by atoms with Crippen molar-refractivity contribution in [3.8, 4) is 0 Å². The zero-order valence-corrected chi connectivity index (χ0v) is 22.2. The minimum Gasteiger partial charge on any atom is -0.756 e. The van der Waals surface area contributed by atoms with Gasteiger partial charge in [-0.2, -0.15) is 0 Å². The van der Waals surface area contributed by atoms with Crippen LogP contribution >= 0.6 is 7.82 Å². The number of rotatable bonds is 21. The first-order valence-electron chi connectivity index (χ1n) is 12.2. The van der Waals surface area contributed by atoms with Crippen LogP contribution in [0.25, 0.3) is 0 Å². The molecular formula is C23H46NO8P. The van der Waals surface area contributed by atoms with E-state index in [0.29, 0.717) is 11.0 Å². The van der Waals surface area contributed by atoms with Gasteiger partial charge in [-0.15, -0.1) is 0 Å². The molecule has 0 aromatic heterocycles. The Balaban J connectivity index is 4.08. The molecule has 0 saturated carbocycles. The van der Waals surface area contributed by atoms with E-state index in [2.05, 4.69) is 6.92 Å². The number of likely N-dealkylation sites (N-methyl/N-ethyl adjacent to an activating group) is 1. The zero-order valence-electron chi connectivity index (χ0n) is 21.3. The second-order valence-electron chi connectivity index (χ2n) is 9.44. The molecule has 0 aliphatic heterocycles. The predicted molar refractivity (Wildman–Crippen MR) is 125 cm³/mol. The van der Waals surface area contributed by atoms with Gasteiger partial charge in [-0.3, -0.25) is 14.2 Å². The van der Waals surface area contributed by atoms with E-state index in [1.165, 1.54) is 51.9 Å². The van der Waals surface area contributed by atoms with Gasteiger partial charge < -0.3 is 27.9 Å². The summed E-state index contributed by atoms with van der Waals surface area (Å²) in [6.07, 6.45) is 10.9. The fourth-order valence-electron chi connectivity index (χ4n) is 3.00. The number of carbonyl (C=O) groups is 2. The van der Waals surface area contributed by atoms with E-state index in [4.69, 9.17) is 18.5 Å². The highest BCUT2D eigenvalue weighted by atomic mass is 31.2. The highest BCUT2D eigenvalue weighted by Crippen LogP contribution is 2.38. The summed E-state index contributed by atoms with van der Waals surface area (Å²) in [6, 6.07) is 0. The van der Waals surface area contributed by atoms with E-state index in [9.17, 15) is 19.0 Å². The third kappa shape index (κ3) is 22.6. The average molecular weight is 496 g/mol. The number of phosphoric acid groups is 1. The molecule has 0 saturated heterocycles. The van der Waals surface area contributed by atoms with E-state index >= 15 is 0 Å². The van der Waals surface area contributed by atoms with Crippen molar-refractivity contribution in [3.63, 3.8) is 0 Å². The van der Waals surface area contributed by atoms with Crippen molar-refractivity contribution in [3.05, 3.63) is 0 Å². The summed E-state index contributed by atoms with van der Waals surface area (Å²) in [5.41, 5.74) is 0. The maximum atomic E-state index is 12.0. The Kier molecular flexibility index (Phi) is 17.8. The van der Waals surface area contributed by atoms with Crippen molar-refractivity contribution in [2.45, 2.75) is 90.6 Å². The minimum absolute atomic E-state index is 0.0314. The van der Waals surface area contributed by atoms with E-state index < -0.39 is 32.5 Å². The van der Waals surface area contributed by atoms with Crippen LogP contribution in [0.2, 0.25) is 0 Å². The number of nitrogens with zero attached hydrogens (tertiary/aromatic N) is 1. The molecule has 33 heavy (non-hydrogen) atoms. The van der Waals surface area contributed by atoms with Gasteiger partial charge in [0.1, 0.15) is 19.8 Å². The van der Waals surface area contributed by atoms with Gasteiger partial charge in [-0.25, -0.2) is 0 Å². The number of quaternary nitrogens is 1. The van der Waals surface area contributed by atoms with Gasteiger partial charge in [0, 0.05) is 13.3 Å². The van der Waals surface area contributed by atoms with Crippen LogP contribution in [0.15, 0.2) is 0 Å². The molecule has 0 aromatic rings. The molecule has 0 fully saturated rings. The average Bonchev–Trinajstić information content (AvgIpc) is 2.70. The molecule has 0 bridgehead atoms. The summed E-state index contributed by atoms with van der Waals surface area (Å²) in [5.74, 6) is -1.03. The lowest BCUT2D eigenvalue weighted by Crippen LogP contribution is -2.37. The summed E-state index contributed by atoms with van der Waals surface area (Å²) in [7, 11) is 1.16. The smallest absolute Gasteiger partial charge is 0.305 e. The first-order chi connectivity index (χ1) is 15.4. The second kappa shape index (κ2) is 18.4. The van der Waals surface area contributed by atoms with Gasteiger partial charge in [-0.05, 0) is 6.42 Å². The minimum atomic E-state index is -4.55. The molecule has 0 amide bonds. The van der Waals surface area contributed by atoms with Crippen molar-refractivity contribution in [2.24, 2.45) is 0 Å². The van der Waals surface area contributed by atoms with Gasteiger partial charge in [0.2, 0.25) is 0 Å². The lowest BCUT2D eigenvalue weighted by atomic mass is 10.1. The lowest BCUT2D eigenvalue weighted by molar-refractivity contribution is -0.870. The summed E-state index contributed by atoms with van der Waals surface area (Å²) in [4.78, 5) is 35.1. The van der Waals surface area contributed by atoms with E-state index in [-0.39, 0.29) is 19.6 Å².